The first-order valence-corrected chi connectivity index (χ1v) is 7.65. The number of aliphatic carboxylic acids is 1. The van der Waals surface area contributed by atoms with E-state index in [2.05, 4.69) is 0 Å². The number of hydrogen-bond donors (Lipinski definition) is 1. The normalized spacial score (nSPS) is 19.7. The molecule has 24 heavy (non-hydrogen) atoms. The Morgan fingerprint density at radius 2 is 2.04 bits per heavy atom. The Bertz CT molecular complexity index is 750. The van der Waals surface area contributed by atoms with Crippen LogP contribution >= 0.6 is 0 Å². The molecule has 1 aromatic rings. The molecule has 7 nitrogen and oxygen atoms in total. The SMILES string of the molecule is N#C/C(=C\c1ccc2c(c1)OCCO2)C(=O)N1CCCC1C(=O)O. The average molecular weight is 328 g/mol. The molecule has 0 spiro atoms. The molecule has 0 bridgehead atoms. The molecule has 124 valence electrons. The van der Waals surface area contributed by atoms with Crippen LogP contribution in [0, 0.1) is 11.3 Å². The summed E-state index contributed by atoms with van der Waals surface area (Å²) in [5, 5.41) is 18.5. The van der Waals surface area contributed by atoms with Crippen LogP contribution in [0.3, 0.4) is 0 Å². The molecule has 7 heteroatoms. The van der Waals surface area contributed by atoms with Crippen molar-refractivity contribution in [3.8, 4) is 17.6 Å². The molecule has 1 fully saturated rings. The van der Waals surface area contributed by atoms with Crippen molar-refractivity contribution < 1.29 is 24.2 Å². The standard InChI is InChI=1S/C17H16N2O5/c18-10-12(16(20)19-5-1-2-13(19)17(21)22)8-11-3-4-14-15(9-11)24-7-6-23-14/h3-4,8-9,13H,1-2,5-7H2,(H,21,22)/b12-8+. The van der Waals surface area contributed by atoms with Crippen molar-refractivity contribution in [2.75, 3.05) is 19.8 Å². The molecular formula is C17H16N2O5. The number of likely N-dealkylation sites (tertiary alicyclic amines) is 1. The fourth-order valence-corrected chi connectivity index (χ4v) is 2.88. The first-order valence-electron chi connectivity index (χ1n) is 7.65. The molecule has 0 radical (unpaired) electrons. The highest BCUT2D eigenvalue weighted by atomic mass is 16.6. The number of fused-ring (bicyclic) bond motifs is 1. The van der Waals surface area contributed by atoms with E-state index in [4.69, 9.17) is 9.47 Å². The van der Waals surface area contributed by atoms with E-state index in [9.17, 15) is 20.0 Å². The number of carbonyl (C=O) groups excluding carboxylic acids is 1. The molecule has 2 aliphatic rings. The lowest BCUT2D eigenvalue weighted by Gasteiger charge is -2.21. The van der Waals surface area contributed by atoms with Gasteiger partial charge in [0.25, 0.3) is 5.91 Å². The predicted molar refractivity (Wildman–Crippen MR) is 83.4 cm³/mol. The molecule has 2 heterocycles. The van der Waals surface area contributed by atoms with Crippen LogP contribution in [-0.2, 0) is 9.59 Å². The zero-order valence-electron chi connectivity index (χ0n) is 12.9. The number of amides is 1. The second-order valence-electron chi connectivity index (χ2n) is 5.57. The number of carboxylic acids is 1. The molecule has 1 unspecified atom stereocenters. The molecule has 1 atom stereocenters. The zero-order chi connectivity index (χ0) is 17.1. The number of ether oxygens (including phenoxy) is 2. The van der Waals surface area contributed by atoms with Crippen molar-refractivity contribution in [3.63, 3.8) is 0 Å². The van der Waals surface area contributed by atoms with Gasteiger partial charge in [-0.15, -0.1) is 0 Å². The Balaban J connectivity index is 1.85. The zero-order valence-corrected chi connectivity index (χ0v) is 12.9. The topological polar surface area (TPSA) is 99.9 Å². The Kier molecular flexibility index (Phi) is 4.38. The second-order valence-corrected chi connectivity index (χ2v) is 5.57. The molecule has 2 aliphatic heterocycles. The largest absolute Gasteiger partial charge is 0.486 e. The van der Waals surface area contributed by atoms with Crippen LogP contribution in [0.5, 0.6) is 11.5 Å². The van der Waals surface area contributed by atoms with Crippen LogP contribution in [0.4, 0.5) is 0 Å². The minimum Gasteiger partial charge on any atom is -0.486 e. The minimum absolute atomic E-state index is 0.0974. The third kappa shape index (κ3) is 3.04. The van der Waals surface area contributed by atoms with E-state index in [0.717, 1.165) is 0 Å². The molecule has 0 aromatic heterocycles. The average Bonchev–Trinajstić information content (AvgIpc) is 3.09. The first-order chi connectivity index (χ1) is 11.6. The lowest BCUT2D eigenvalue weighted by atomic mass is 10.1. The Morgan fingerprint density at radius 3 is 2.75 bits per heavy atom. The van der Waals surface area contributed by atoms with Crippen molar-refractivity contribution in [2.24, 2.45) is 0 Å². The van der Waals surface area contributed by atoms with Crippen LogP contribution in [0.15, 0.2) is 23.8 Å². The number of rotatable bonds is 3. The highest BCUT2D eigenvalue weighted by Crippen LogP contribution is 2.31. The highest BCUT2D eigenvalue weighted by molar-refractivity contribution is 6.03. The molecule has 1 amide bonds. The van der Waals surface area contributed by atoms with Crippen LogP contribution < -0.4 is 9.47 Å². The van der Waals surface area contributed by atoms with E-state index in [1.54, 1.807) is 18.2 Å². The molecule has 1 saturated heterocycles. The quantitative estimate of drug-likeness (QED) is 0.666. The fraction of sp³-hybridized carbons (Fsp3) is 0.353. The summed E-state index contributed by atoms with van der Waals surface area (Å²) in [4.78, 5) is 25.0. The highest BCUT2D eigenvalue weighted by Gasteiger charge is 2.35. The maximum absolute atomic E-state index is 12.5. The number of carboxylic acid groups (broad SMARTS) is 1. The number of carbonyl (C=O) groups is 2. The minimum atomic E-state index is -1.04. The van der Waals surface area contributed by atoms with Crippen LogP contribution in [0.1, 0.15) is 18.4 Å². The van der Waals surface area contributed by atoms with Gasteiger partial charge >= 0.3 is 5.97 Å². The maximum Gasteiger partial charge on any atom is 0.326 e. The van der Waals surface area contributed by atoms with E-state index < -0.39 is 17.9 Å². The maximum atomic E-state index is 12.5. The molecular weight excluding hydrogens is 312 g/mol. The summed E-state index contributed by atoms with van der Waals surface area (Å²) >= 11 is 0. The smallest absolute Gasteiger partial charge is 0.326 e. The lowest BCUT2D eigenvalue weighted by Crippen LogP contribution is -2.40. The lowest BCUT2D eigenvalue weighted by molar-refractivity contribution is -0.146. The van der Waals surface area contributed by atoms with Gasteiger partial charge < -0.3 is 19.5 Å². The van der Waals surface area contributed by atoms with Gasteiger partial charge in [-0.25, -0.2) is 4.79 Å². The van der Waals surface area contributed by atoms with Crippen molar-refractivity contribution in [3.05, 3.63) is 29.3 Å². The van der Waals surface area contributed by atoms with Gasteiger partial charge in [-0.2, -0.15) is 5.26 Å². The number of benzene rings is 1. The van der Waals surface area contributed by atoms with Crippen LogP contribution in [-0.4, -0.2) is 47.7 Å². The molecule has 3 rings (SSSR count). The fourth-order valence-electron chi connectivity index (χ4n) is 2.88. The van der Waals surface area contributed by atoms with E-state index in [1.807, 2.05) is 6.07 Å². The summed E-state index contributed by atoms with van der Waals surface area (Å²) < 4.78 is 10.9. The summed E-state index contributed by atoms with van der Waals surface area (Å²) in [6, 6.07) is 6.13. The van der Waals surface area contributed by atoms with Gasteiger partial charge in [0.1, 0.15) is 30.9 Å². The second kappa shape index (κ2) is 6.62. The van der Waals surface area contributed by atoms with E-state index in [-0.39, 0.29) is 5.57 Å². The Labute approximate surface area is 138 Å². The number of nitriles is 1. The van der Waals surface area contributed by atoms with Crippen LogP contribution in [0.2, 0.25) is 0 Å². The van der Waals surface area contributed by atoms with Crippen molar-refractivity contribution in [2.45, 2.75) is 18.9 Å². The first kappa shape index (κ1) is 15.9. The summed E-state index contributed by atoms with van der Waals surface area (Å²) in [5.74, 6) is -0.423. The molecule has 0 saturated carbocycles. The number of hydrogen-bond acceptors (Lipinski definition) is 5. The Morgan fingerprint density at radius 1 is 1.29 bits per heavy atom. The van der Waals surface area contributed by atoms with Crippen molar-refractivity contribution >= 4 is 18.0 Å². The molecule has 1 N–H and O–H groups in total. The van der Waals surface area contributed by atoms with Gasteiger partial charge in [-0.1, -0.05) is 6.07 Å². The van der Waals surface area contributed by atoms with Gasteiger partial charge in [-0.3, -0.25) is 4.79 Å². The molecule has 0 aliphatic carbocycles. The predicted octanol–water partition coefficient (Wildman–Crippen LogP) is 1.44. The van der Waals surface area contributed by atoms with E-state index >= 15 is 0 Å². The van der Waals surface area contributed by atoms with E-state index in [1.165, 1.54) is 11.0 Å². The third-order valence-corrected chi connectivity index (χ3v) is 4.03. The van der Waals surface area contributed by atoms with Gasteiger partial charge in [-0.05, 0) is 36.6 Å². The molecule has 1 aromatic carbocycles. The van der Waals surface area contributed by atoms with Gasteiger partial charge in [0.2, 0.25) is 0 Å². The summed E-state index contributed by atoms with van der Waals surface area (Å²) in [5.41, 5.74) is 0.523. The van der Waals surface area contributed by atoms with Gasteiger partial charge in [0, 0.05) is 6.54 Å². The van der Waals surface area contributed by atoms with Crippen LogP contribution in [0.25, 0.3) is 6.08 Å². The number of nitrogens with zero attached hydrogens (tertiary/aromatic N) is 2. The van der Waals surface area contributed by atoms with Gasteiger partial charge in [0.15, 0.2) is 11.5 Å². The van der Waals surface area contributed by atoms with Crippen molar-refractivity contribution in [1.82, 2.24) is 4.90 Å². The summed E-state index contributed by atoms with van der Waals surface area (Å²) in [7, 11) is 0. The van der Waals surface area contributed by atoms with Gasteiger partial charge in [0.05, 0.1) is 0 Å². The third-order valence-electron chi connectivity index (χ3n) is 4.03. The Hall–Kier alpha value is -3.01. The summed E-state index contributed by atoms with van der Waals surface area (Å²) in [6.07, 6.45) is 2.47. The summed E-state index contributed by atoms with van der Waals surface area (Å²) in [6.45, 7) is 1.27. The monoisotopic (exact) mass is 328 g/mol. The van der Waals surface area contributed by atoms with Crippen molar-refractivity contribution in [1.29, 1.82) is 5.26 Å². The van der Waals surface area contributed by atoms with E-state index in [0.29, 0.717) is 49.7 Å².